The summed E-state index contributed by atoms with van der Waals surface area (Å²) < 4.78 is 21.4. The fourth-order valence-electron chi connectivity index (χ4n) is 3.58. The lowest BCUT2D eigenvalue weighted by molar-refractivity contribution is -0.130. The van der Waals surface area contributed by atoms with E-state index in [1.54, 1.807) is 33.3 Å². The Balaban J connectivity index is 1.65. The Labute approximate surface area is 183 Å². The molecule has 0 aliphatic heterocycles. The Kier molecular flexibility index (Phi) is 7.23. The third kappa shape index (κ3) is 5.20. The Morgan fingerprint density at radius 1 is 0.774 bits per heavy atom. The van der Waals surface area contributed by atoms with E-state index >= 15 is 0 Å². The van der Waals surface area contributed by atoms with Crippen molar-refractivity contribution in [2.24, 2.45) is 0 Å². The molecule has 0 spiro atoms. The van der Waals surface area contributed by atoms with E-state index in [0.29, 0.717) is 36.6 Å². The highest BCUT2D eigenvalue weighted by Gasteiger charge is 2.15. The van der Waals surface area contributed by atoms with Crippen molar-refractivity contribution in [1.29, 1.82) is 0 Å². The van der Waals surface area contributed by atoms with Gasteiger partial charge in [0.1, 0.15) is 5.75 Å². The van der Waals surface area contributed by atoms with Crippen molar-refractivity contribution in [2.45, 2.75) is 19.4 Å². The Bertz CT molecular complexity index is 1040. The van der Waals surface area contributed by atoms with Crippen molar-refractivity contribution < 1.29 is 23.7 Å². The fraction of sp³-hybridized carbons (Fsp3) is 0.320. The van der Waals surface area contributed by atoms with Gasteiger partial charge in [0.25, 0.3) is 0 Å². The number of carbonyl (C=O) groups excluding carboxylic acids is 1. The molecule has 0 radical (unpaired) electrons. The van der Waals surface area contributed by atoms with Gasteiger partial charge in [0.2, 0.25) is 11.7 Å². The second kappa shape index (κ2) is 10.1. The average Bonchev–Trinajstić information content (AvgIpc) is 2.81. The maximum Gasteiger partial charge on any atom is 0.222 e. The van der Waals surface area contributed by atoms with Crippen LogP contribution < -0.4 is 18.9 Å². The summed E-state index contributed by atoms with van der Waals surface area (Å²) in [7, 11) is 8.23. The van der Waals surface area contributed by atoms with Crippen molar-refractivity contribution in [3.8, 4) is 23.0 Å². The van der Waals surface area contributed by atoms with Gasteiger partial charge in [0.05, 0.1) is 28.4 Å². The predicted molar refractivity (Wildman–Crippen MR) is 121 cm³/mol. The molecule has 0 aliphatic rings. The van der Waals surface area contributed by atoms with Crippen molar-refractivity contribution in [3.63, 3.8) is 0 Å². The molecule has 0 bridgehead atoms. The van der Waals surface area contributed by atoms with Gasteiger partial charge < -0.3 is 23.8 Å². The summed E-state index contributed by atoms with van der Waals surface area (Å²) in [5.74, 6) is 2.63. The zero-order valence-electron chi connectivity index (χ0n) is 18.7. The number of carbonyl (C=O) groups is 1. The molecule has 0 unspecified atom stereocenters. The maximum absolute atomic E-state index is 12.7. The fourth-order valence-corrected chi connectivity index (χ4v) is 3.58. The Hall–Kier alpha value is -3.41. The minimum Gasteiger partial charge on any atom is -0.497 e. The molecule has 31 heavy (non-hydrogen) atoms. The Morgan fingerprint density at radius 3 is 2.03 bits per heavy atom. The zero-order chi connectivity index (χ0) is 22.4. The van der Waals surface area contributed by atoms with Crippen LogP contribution in [-0.2, 0) is 17.8 Å². The van der Waals surface area contributed by atoms with Crippen LogP contribution in [0.2, 0.25) is 0 Å². The summed E-state index contributed by atoms with van der Waals surface area (Å²) in [5.41, 5.74) is 2.04. The molecule has 0 aromatic heterocycles. The summed E-state index contributed by atoms with van der Waals surface area (Å²) in [6, 6.07) is 16.0. The summed E-state index contributed by atoms with van der Waals surface area (Å²) in [6.45, 7) is 0.552. The number of aryl methyl sites for hydroxylation is 1. The highest BCUT2D eigenvalue weighted by Crippen LogP contribution is 2.38. The van der Waals surface area contributed by atoms with Crippen LogP contribution in [-0.4, -0.2) is 46.3 Å². The summed E-state index contributed by atoms with van der Waals surface area (Å²) in [4.78, 5) is 14.5. The van der Waals surface area contributed by atoms with Crippen LogP contribution in [0.4, 0.5) is 0 Å². The third-order valence-corrected chi connectivity index (χ3v) is 5.31. The normalized spacial score (nSPS) is 10.6. The van der Waals surface area contributed by atoms with Crippen molar-refractivity contribution in [2.75, 3.05) is 35.5 Å². The molecule has 3 aromatic rings. The molecule has 0 saturated heterocycles. The number of hydrogen-bond acceptors (Lipinski definition) is 5. The molecular formula is C25H29NO5. The predicted octanol–water partition coefficient (Wildman–Crippen LogP) is 4.47. The summed E-state index contributed by atoms with van der Waals surface area (Å²) in [6.07, 6.45) is 0.970. The molecule has 1 amide bonds. The van der Waals surface area contributed by atoms with E-state index < -0.39 is 0 Å². The van der Waals surface area contributed by atoms with E-state index in [0.717, 1.165) is 27.6 Å². The minimum absolute atomic E-state index is 0.0728. The second-order valence-corrected chi connectivity index (χ2v) is 7.33. The zero-order valence-corrected chi connectivity index (χ0v) is 18.7. The first-order chi connectivity index (χ1) is 15.0. The van der Waals surface area contributed by atoms with Gasteiger partial charge >= 0.3 is 0 Å². The van der Waals surface area contributed by atoms with E-state index in [1.165, 1.54) is 0 Å². The van der Waals surface area contributed by atoms with E-state index in [2.05, 4.69) is 12.1 Å². The van der Waals surface area contributed by atoms with Crippen LogP contribution in [0.1, 0.15) is 17.5 Å². The molecule has 0 N–H and O–H groups in total. The largest absolute Gasteiger partial charge is 0.497 e. The standard InChI is InChI=1S/C25H29NO5/c1-26(16-18-6-8-20-15-21(28-2)10-9-19(20)12-18)24(27)11-7-17-13-22(29-3)25(31-5)23(14-17)30-4/h6,8-10,12-15H,7,11,16H2,1-5H3. The maximum atomic E-state index is 12.7. The molecule has 6 heteroatoms. The number of rotatable bonds is 9. The number of hydrogen-bond donors (Lipinski definition) is 0. The first-order valence-corrected chi connectivity index (χ1v) is 10.1. The lowest BCUT2D eigenvalue weighted by atomic mass is 10.1. The smallest absolute Gasteiger partial charge is 0.222 e. The highest BCUT2D eigenvalue weighted by molar-refractivity contribution is 5.84. The van der Waals surface area contributed by atoms with Gasteiger partial charge in [-0.1, -0.05) is 18.2 Å². The molecular weight excluding hydrogens is 394 g/mol. The monoisotopic (exact) mass is 423 g/mol. The van der Waals surface area contributed by atoms with Crippen LogP contribution in [0.25, 0.3) is 10.8 Å². The van der Waals surface area contributed by atoms with Gasteiger partial charge in [-0.3, -0.25) is 4.79 Å². The molecule has 0 heterocycles. The first kappa shape index (κ1) is 22.3. The van der Waals surface area contributed by atoms with Gasteiger partial charge in [-0.05, 0) is 58.7 Å². The number of benzene rings is 3. The van der Waals surface area contributed by atoms with Crippen LogP contribution in [0.15, 0.2) is 48.5 Å². The van der Waals surface area contributed by atoms with Crippen LogP contribution in [0.3, 0.4) is 0 Å². The highest BCUT2D eigenvalue weighted by atomic mass is 16.5. The minimum atomic E-state index is 0.0728. The van der Waals surface area contributed by atoms with Gasteiger partial charge in [0, 0.05) is 20.0 Å². The molecule has 164 valence electrons. The number of amides is 1. The second-order valence-electron chi connectivity index (χ2n) is 7.33. The molecule has 3 rings (SSSR count). The molecule has 6 nitrogen and oxygen atoms in total. The Morgan fingerprint density at radius 2 is 1.42 bits per heavy atom. The SMILES string of the molecule is COc1ccc2cc(CN(C)C(=O)CCc3cc(OC)c(OC)c(OC)c3)ccc2c1. The van der Waals surface area contributed by atoms with Crippen molar-refractivity contribution in [3.05, 3.63) is 59.7 Å². The number of ether oxygens (including phenoxy) is 4. The van der Waals surface area contributed by atoms with Crippen molar-refractivity contribution >= 4 is 16.7 Å². The molecule has 0 fully saturated rings. The summed E-state index contributed by atoms with van der Waals surface area (Å²) >= 11 is 0. The van der Waals surface area contributed by atoms with Crippen LogP contribution >= 0.6 is 0 Å². The molecule has 0 aliphatic carbocycles. The van der Waals surface area contributed by atoms with E-state index in [-0.39, 0.29) is 5.91 Å². The van der Waals surface area contributed by atoms with Gasteiger partial charge in [-0.25, -0.2) is 0 Å². The summed E-state index contributed by atoms with van der Waals surface area (Å²) in [5, 5.41) is 2.23. The van der Waals surface area contributed by atoms with Crippen molar-refractivity contribution in [1.82, 2.24) is 4.90 Å². The van der Waals surface area contributed by atoms with E-state index in [4.69, 9.17) is 18.9 Å². The number of methoxy groups -OCH3 is 4. The van der Waals surface area contributed by atoms with Gasteiger partial charge in [0.15, 0.2) is 11.5 Å². The molecule has 3 aromatic carbocycles. The first-order valence-electron chi connectivity index (χ1n) is 10.1. The lowest BCUT2D eigenvalue weighted by Crippen LogP contribution is -2.26. The topological polar surface area (TPSA) is 57.2 Å². The average molecular weight is 424 g/mol. The van der Waals surface area contributed by atoms with Crippen LogP contribution in [0, 0.1) is 0 Å². The quantitative estimate of drug-likeness (QED) is 0.508. The van der Waals surface area contributed by atoms with E-state index in [9.17, 15) is 4.79 Å². The number of fused-ring (bicyclic) bond motifs is 1. The van der Waals surface area contributed by atoms with Crippen LogP contribution in [0.5, 0.6) is 23.0 Å². The molecule has 0 atom stereocenters. The molecule has 0 saturated carbocycles. The lowest BCUT2D eigenvalue weighted by Gasteiger charge is -2.18. The van der Waals surface area contributed by atoms with Gasteiger partial charge in [-0.15, -0.1) is 0 Å². The third-order valence-electron chi connectivity index (χ3n) is 5.31. The van der Waals surface area contributed by atoms with Gasteiger partial charge in [-0.2, -0.15) is 0 Å². The van der Waals surface area contributed by atoms with E-state index in [1.807, 2.05) is 43.4 Å². The number of nitrogens with zero attached hydrogens (tertiary/aromatic N) is 1.